The molecule has 0 aromatic heterocycles. The zero-order chi connectivity index (χ0) is 14.3. The second kappa shape index (κ2) is 8.08. The van der Waals surface area contributed by atoms with Crippen LogP contribution >= 0.6 is 0 Å². The molecule has 0 rings (SSSR count). The van der Waals surface area contributed by atoms with Gasteiger partial charge in [-0.15, -0.1) is 0 Å². The lowest BCUT2D eigenvalue weighted by molar-refractivity contribution is -0.135. The highest BCUT2D eigenvalue weighted by Crippen LogP contribution is 1.95. The molecule has 0 fully saturated rings. The summed E-state index contributed by atoms with van der Waals surface area (Å²) in [6, 6.07) is 0.317. The lowest BCUT2D eigenvalue weighted by Gasteiger charge is -2.24. The molecular weight excluding hydrogens is 230 g/mol. The summed E-state index contributed by atoms with van der Waals surface area (Å²) < 4.78 is 0. The molecule has 18 heavy (non-hydrogen) atoms. The summed E-state index contributed by atoms with van der Waals surface area (Å²) in [6.07, 6.45) is 0. The smallest absolute Gasteiger partial charge is 0.239 e. The standard InChI is InChI=1S/C13H27N3O2/c1-10(2)7-14-12(17)8-16(6)13(18)9-15(5)11(3)4/h10-11H,7-9H2,1-6H3,(H,14,17). The Hall–Kier alpha value is -1.10. The number of carbonyl (C=O) groups excluding carboxylic acids is 2. The predicted octanol–water partition coefficient (Wildman–Crippen LogP) is 0.557. The lowest BCUT2D eigenvalue weighted by Crippen LogP contribution is -2.44. The molecule has 0 aliphatic carbocycles. The number of hydrogen-bond donors (Lipinski definition) is 1. The number of nitrogens with zero attached hydrogens (tertiary/aromatic N) is 2. The summed E-state index contributed by atoms with van der Waals surface area (Å²) in [5, 5.41) is 2.80. The quantitative estimate of drug-likeness (QED) is 0.725. The van der Waals surface area contributed by atoms with E-state index >= 15 is 0 Å². The SMILES string of the molecule is CC(C)CNC(=O)CN(C)C(=O)CN(C)C(C)C. The van der Waals surface area contributed by atoms with Gasteiger partial charge in [-0.2, -0.15) is 0 Å². The minimum absolute atomic E-state index is 0.0362. The average molecular weight is 257 g/mol. The van der Waals surface area contributed by atoms with Gasteiger partial charge >= 0.3 is 0 Å². The van der Waals surface area contributed by atoms with E-state index in [9.17, 15) is 9.59 Å². The molecule has 1 N–H and O–H groups in total. The molecule has 0 spiro atoms. The fraction of sp³-hybridized carbons (Fsp3) is 0.846. The summed E-state index contributed by atoms with van der Waals surface area (Å²) in [6.45, 7) is 9.24. The monoisotopic (exact) mass is 257 g/mol. The van der Waals surface area contributed by atoms with Gasteiger partial charge in [-0.1, -0.05) is 13.8 Å². The van der Waals surface area contributed by atoms with Gasteiger partial charge < -0.3 is 10.2 Å². The highest BCUT2D eigenvalue weighted by Gasteiger charge is 2.15. The topological polar surface area (TPSA) is 52.7 Å². The molecule has 0 aromatic carbocycles. The van der Waals surface area contributed by atoms with Gasteiger partial charge in [-0.3, -0.25) is 14.5 Å². The fourth-order valence-corrected chi connectivity index (χ4v) is 1.19. The van der Waals surface area contributed by atoms with Crippen molar-refractivity contribution in [3.8, 4) is 0 Å². The van der Waals surface area contributed by atoms with Crippen LogP contribution in [0.15, 0.2) is 0 Å². The summed E-state index contributed by atoms with van der Waals surface area (Å²) in [7, 11) is 3.56. The third-order valence-corrected chi connectivity index (χ3v) is 2.78. The van der Waals surface area contributed by atoms with Crippen LogP contribution in [-0.2, 0) is 9.59 Å². The largest absolute Gasteiger partial charge is 0.354 e. The van der Waals surface area contributed by atoms with Crippen LogP contribution in [-0.4, -0.2) is 61.4 Å². The molecule has 0 radical (unpaired) electrons. The van der Waals surface area contributed by atoms with Crippen LogP contribution in [0, 0.1) is 5.92 Å². The maximum absolute atomic E-state index is 11.8. The first-order chi connectivity index (χ1) is 8.23. The summed E-state index contributed by atoms with van der Waals surface area (Å²) >= 11 is 0. The molecule has 0 aliphatic rings. The van der Waals surface area contributed by atoms with Gasteiger partial charge in [0.1, 0.15) is 0 Å². The summed E-state index contributed by atoms with van der Waals surface area (Å²) in [5.74, 6) is 0.277. The van der Waals surface area contributed by atoms with Gasteiger partial charge in [0.25, 0.3) is 0 Å². The minimum atomic E-state index is -0.105. The van der Waals surface area contributed by atoms with Gasteiger partial charge in [-0.05, 0) is 26.8 Å². The van der Waals surface area contributed by atoms with E-state index in [-0.39, 0.29) is 18.4 Å². The Kier molecular flexibility index (Phi) is 7.59. The highest BCUT2D eigenvalue weighted by atomic mass is 16.2. The number of hydrogen-bond acceptors (Lipinski definition) is 3. The van der Waals surface area contributed by atoms with Crippen molar-refractivity contribution in [1.29, 1.82) is 0 Å². The number of likely N-dealkylation sites (N-methyl/N-ethyl adjacent to an activating group) is 2. The maximum atomic E-state index is 11.8. The van der Waals surface area contributed by atoms with Crippen LogP contribution in [0.1, 0.15) is 27.7 Å². The van der Waals surface area contributed by atoms with Crippen LogP contribution in [0.3, 0.4) is 0 Å². The second-order valence-corrected chi connectivity index (χ2v) is 5.46. The molecule has 5 heteroatoms. The van der Waals surface area contributed by atoms with Gasteiger partial charge in [-0.25, -0.2) is 0 Å². The van der Waals surface area contributed by atoms with Gasteiger partial charge in [0.15, 0.2) is 0 Å². The third kappa shape index (κ3) is 7.27. The molecule has 0 unspecified atom stereocenters. The maximum Gasteiger partial charge on any atom is 0.239 e. The van der Waals surface area contributed by atoms with E-state index in [0.29, 0.717) is 25.0 Å². The first-order valence-electron chi connectivity index (χ1n) is 6.45. The van der Waals surface area contributed by atoms with Crippen LogP contribution in [0.2, 0.25) is 0 Å². The molecule has 0 heterocycles. The molecule has 0 atom stereocenters. The lowest BCUT2D eigenvalue weighted by atomic mass is 10.2. The number of nitrogens with one attached hydrogen (secondary N) is 1. The highest BCUT2D eigenvalue weighted by molar-refractivity contribution is 5.85. The molecule has 0 saturated carbocycles. The van der Waals surface area contributed by atoms with Crippen molar-refractivity contribution >= 4 is 11.8 Å². The van der Waals surface area contributed by atoms with E-state index in [0.717, 1.165) is 0 Å². The van der Waals surface area contributed by atoms with Gasteiger partial charge in [0, 0.05) is 19.6 Å². The van der Waals surface area contributed by atoms with Crippen LogP contribution in [0.5, 0.6) is 0 Å². The van der Waals surface area contributed by atoms with E-state index < -0.39 is 0 Å². The van der Waals surface area contributed by atoms with Crippen molar-refractivity contribution in [1.82, 2.24) is 15.1 Å². The zero-order valence-corrected chi connectivity index (χ0v) is 12.5. The predicted molar refractivity (Wildman–Crippen MR) is 73.3 cm³/mol. The van der Waals surface area contributed by atoms with Crippen molar-refractivity contribution < 1.29 is 9.59 Å². The van der Waals surface area contributed by atoms with Crippen molar-refractivity contribution in [3.63, 3.8) is 0 Å². The van der Waals surface area contributed by atoms with E-state index in [2.05, 4.69) is 5.32 Å². The Labute approximate surface area is 111 Å². The molecule has 0 aromatic rings. The number of carbonyl (C=O) groups is 2. The average Bonchev–Trinajstić information content (AvgIpc) is 2.25. The van der Waals surface area contributed by atoms with E-state index in [1.807, 2.05) is 39.6 Å². The Morgan fingerprint density at radius 2 is 1.61 bits per heavy atom. The second-order valence-electron chi connectivity index (χ2n) is 5.46. The summed E-state index contributed by atoms with van der Waals surface area (Å²) in [5.41, 5.74) is 0. The first kappa shape index (κ1) is 16.9. The molecule has 0 bridgehead atoms. The van der Waals surface area contributed by atoms with Gasteiger partial charge in [0.05, 0.1) is 13.1 Å². The van der Waals surface area contributed by atoms with Crippen LogP contribution < -0.4 is 5.32 Å². The fourth-order valence-electron chi connectivity index (χ4n) is 1.19. The zero-order valence-electron chi connectivity index (χ0n) is 12.5. The first-order valence-corrected chi connectivity index (χ1v) is 6.45. The van der Waals surface area contributed by atoms with E-state index in [1.54, 1.807) is 7.05 Å². The number of rotatable bonds is 7. The molecular formula is C13H27N3O2. The summed E-state index contributed by atoms with van der Waals surface area (Å²) in [4.78, 5) is 26.8. The molecule has 0 saturated heterocycles. The Morgan fingerprint density at radius 3 is 2.06 bits per heavy atom. The van der Waals surface area contributed by atoms with Crippen molar-refractivity contribution in [2.75, 3.05) is 33.7 Å². The van der Waals surface area contributed by atoms with Crippen molar-refractivity contribution in [2.45, 2.75) is 33.7 Å². The molecule has 2 amide bonds. The molecule has 0 aliphatic heterocycles. The van der Waals surface area contributed by atoms with Crippen LogP contribution in [0.4, 0.5) is 0 Å². The number of amides is 2. The Morgan fingerprint density at radius 1 is 1.06 bits per heavy atom. The third-order valence-electron chi connectivity index (χ3n) is 2.78. The van der Waals surface area contributed by atoms with Crippen LogP contribution in [0.25, 0.3) is 0 Å². The normalized spacial score (nSPS) is 11.2. The Bertz CT molecular complexity index is 277. The van der Waals surface area contributed by atoms with E-state index in [1.165, 1.54) is 4.90 Å². The van der Waals surface area contributed by atoms with E-state index in [4.69, 9.17) is 0 Å². The molecule has 106 valence electrons. The van der Waals surface area contributed by atoms with Crippen molar-refractivity contribution in [3.05, 3.63) is 0 Å². The van der Waals surface area contributed by atoms with Gasteiger partial charge in [0.2, 0.25) is 11.8 Å². The minimum Gasteiger partial charge on any atom is -0.354 e. The molecule has 5 nitrogen and oxygen atoms in total. The Balaban J connectivity index is 4.04. The van der Waals surface area contributed by atoms with Crippen molar-refractivity contribution in [2.24, 2.45) is 5.92 Å².